The normalized spacial score (nSPS) is 20.2. The number of aliphatic hydroxyl groups is 1. The van der Waals surface area contributed by atoms with Crippen LogP contribution in [0.3, 0.4) is 0 Å². The number of anilines is 1. The first-order valence-electron chi connectivity index (χ1n) is 8.23. The van der Waals surface area contributed by atoms with Crippen LogP contribution in [0.1, 0.15) is 31.4 Å². The lowest BCUT2D eigenvalue weighted by Gasteiger charge is -2.35. The topological polar surface area (TPSA) is 122 Å². The van der Waals surface area contributed by atoms with E-state index in [0.29, 0.717) is 31.7 Å². The number of nitrogens with one attached hydrogen (secondary N) is 2. The van der Waals surface area contributed by atoms with Crippen LogP contribution >= 0.6 is 0 Å². The average molecular weight is 366 g/mol. The molecule has 0 spiro atoms. The van der Waals surface area contributed by atoms with Crippen LogP contribution in [0.4, 0.5) is 5.82 Å². The van der Waals surface area contributed by atoms with Crippen molar-refractivity contribution in [1.82, 2.24) is 24.5 Å². The fourth-order valence-electron chi connectivity index (χ4n) is 2.78. The van der Waals surface area contributed by atoms with Crippen LogP contribution in [0, 0.1) is 0 Å². The van der Waals surface area contributed by atoms with Crippen molar-refractivity contribution in [3.63, 3.8) is 0 Å². The highest BCUT2D eigenvalue weighted by atomic mass is 32.2. The Morgan fingerprint density at radius 1 is 1.36 bits per heavy atom. The molecule has 1 aliphatic rings. The maximum absolute atomic E-state index is 12.4. The smallest absolute Gasteiger partial charge is 0.243 e. The van der Waals surface area contributed by atoms with Gasteiger partial charge in [0.1, 0.15) is 17.0 Å². The van der Waals surface area contributed by atoms with E-state index < -0.39 is 10.0 Å². The third-order valence-corrected chi connectivity index (χ3v) is 5.70. The molecule has 1 saturated carbocycles. The molecule has 0 radical (unpaired) electrons. The second-order valence-electron chi connectivity index (χ2n) is 6.00. The molecule has 1 fully saturated rings. The van der Waals surface area contributed by atoms with Crippen LogP contribution in [-0.2, 0) is 16.6 Å². The van der Waals surface area contributed by atoms with E-state index in [1.54, 1.807) is 4.68 Å². The van der Waals surface area contributed by atoms with Crippen LogP contribution in [0.15, 0.2) is 29.7 Å². The first-order valence-corrected chi connectivity index (χ1v) is 9.71. The summed E-state index contributed by atoms with van der Waals surface area (Å²) < 4.78 is 29.0. The molecule has 9 nitrogen and oxygen atoms in total. The van der Waals surface area contributed by atoms with Crippen molar-refractivity contribution in [2.24, 2.45) is 0 Å². The fraction of sp³-hybridized carbons (Fsp3) is 0.533. The lowest BCUT2D eigenvalue weighted by molar-refractivity contribution is 0.311. The van der Waals surface area contributed by atoms with Gasteiger partial charge in [-0.05, 0) is 19.8 Å². The fourth-order valence-corrected chi connectivity index (χ4v) is 3.99. The second-order valence-corrected chi connectivity index (χ2v) is 7.71. The molecular formula is C15H22N6O3S. The minimum Gasteiger partial charge on any atom is -0.395 e. The first-order chi connectivity index (χ1) is 12.0. The molecule has 0 saturated heterocycles. The summed E-state index contributed by atoms with van der Waals surface area (Å²) in [5.74, 6) is 0.860. The molecule has 2 aromatic rings. The van der Waals surface area contributed by atoms with E-state index in [1.165, 1.54) is 18.7 Å². The number of sulfonamides is 1. The molecule has 1 aliphatic carbocycles. The van der Waals surface area contributed by atoms with E-state index in [0.717, 1.165) is 5.69 Å². The van der Waals surface area contributed by atoms with Gasteiger partial charge < -0.3 is 10.4 Å². The second kappa shape index (κ2) is 7.46. The van der Waals surface area contributed by atoms with Gasteiger partial charge in [-0.1, -0.05) is 0 Å². The lowest BCUT2D eigenvalue weighted by Crippen LogP contribution is -2.43. The molecule has 2 heterocycles. The van der Waals surface area contributed by atoms with Gasteiger partial charge in [0.05, 0.1) is 12.8 Å². The van der Waals surface area contributed by atoms with Crippen molar-refractivity contribution < 1.29 is 13.5 Å². The molecule has 136 valence electrons. The van der Waals surface area contributed by atoms with E-state index in [4.69, 9.17) is 5.11 Å². The molecule has 0 amide bonds. The largest absolute Gasteiger partial charge is 0.395 e. The molecule has 3 rings (SSSR count). The summed E-state index contributed by atoms with van der Waals surface area (Å²) in [5, 5.41) is 15.8. The zero-order valence-corrected chi connectivity index (χ0v) is 14.8. The van der Waals surface area contributed by atoms with Crippen molar-refractivity contribution >= 4 is 15.8 Å². The SMILES string of the molecule is CCn1cc(S(=O)(=O)NC2CC(c3cc(NCCO)ncn3)C2)cn1. The Bertz CT molecular complexity index is 816. The van der Waals surface area contributed by atoms with Gasteiger partial charge in [-0.15, -0.1) is 0 Å². The number of nitrogens with zero attached hydrogens (tertiary/aromatic N) is 4. The van der Waals surface area contributed by atoms with Gasteiger partial charge in [0.2, 0.25) is 10.0 Å². The van der Waals surface area contributed by atoms with Crippen molar-refractivity contribution in [2.45, 2.75) is 43.2 Å². The number of rotatable bonds is 8. The number of hydrogen-bond acceptors (Lipinski definition) is 7. The summed E-state index contributed by atoms with van der Waals surface area (Å²) in [4.78, 5) is 8.55. The average Bonchev–Trinajstić information content (AvgIpc) is 3.06. The quantitative estimate of drug-likeness (QED) is 0.615. The molecule has 0 atom stereocenters. The summed E-state index contributed by atoms with van der Waals surface area (Å²) in [7, 11) is -3.54. The highest BCUT2D eigenvalue weighted by Crippen LogP contribution is 2.37. The molecule has 0 unspecified atom stereocenters. The third-order valence-electron chi connectivity index (χ3n) is 4.23. The van der Waals surface area contributed by atoms with Gasteiger partial charge >= 0.3 is 0 Å². The standard InChI is InChI=1S/C15H22N6O3S/c1-2-21-9-13(8-19-21)25(23,24)20-12-5-11(6-12)14-7-15(16-3-4-22)18-10-17-14/h7-12,20,22H,2-6H2,1H3,(H,16,17,18). The molecule has 10 heteroatoms. The Morgan fingerprint density at radius 3 is 2.84 bits per heavy atom. The molecule has 0 bridgehead atoms. The zero-order valence-electron chi connectivity index (χ0n) is 14.0. The maximum atomic E-state index is 12.4. The Kier molecular flexibility index (Phi) is 5.30. The molecule has 2 aromatic heterocycles. The summed E-state index contributed by atoms with van der Waals surface area (Å²) in [6.45, 7) is 2.98. The number of aliphatic hydroxyl groups excluding tert-OH is 1. The minimum absolute atomic E-state index is 0.0290. The van der Waals surface area contributed by atoms with Crippen LogP contribution in [-0.4, -0.2) is 52.5 Å². The number of hydrogen-bond donors (Lipinski definition) is 3. The van der Waals surface area contributed by atoms with E-state index >= 15 is 0 Å². The van der Waals surface area contributed by atoms with Crippen LogP contribution in [0.5, 0.6) is 0 Å². The van der Waals surface area contributed by atoms with E-state index in [-0.39, 0.29) is 23.5 Å². The minimum atomic E-state index is -3.54. The Balaban J connectivity index is 1.57. The molecule has 25 heavy (non-hydrogen) atoms. The van der Waals surface area contributed by atoms with Crippen molar-refractivity contribution in [2.75, 3.05) is 18.5 Å². The Morgan fingerprint density at radius 2 is 2.16 bits per heavy atom. The van der Waals surface area contributed by atoms with Crippen molar-refractivity contribution in [3.8, 4) is 0 Å². The Hall–Kier alpha value is -2.04. The monoisotopic (exact) mass is 366 g/mol. The maximum Gasteiger partial charge on any atom is 0.243 e. The van der Waals surface area contributed by atoms with E-state index in [1.807, 2.05) is 13.0 Å². The van der Waals surface area contributed by atoms with Gasteiger partial charge in [-0.2, -0.15) is 5.10 Å². The van der Waals surface area contributed by atoms with E-state index in [9.17, 15) is 8.42 Å². The molecular weight excluding hydrogens is 344 g/mol. The van der Waals surface area contributed by atoms with Crippen LogP contribution in [0.2, 0.25) is 0 Å². The molecule has 0 aromatic carbocycles. The van der Waals surface area contributed by atoms with Gasteiger partial charge in [0.25, 0.3) is 0 Å². The summed E-state index contributed by atoms with van der Waals surface area (Å²) in [6.07, 6.45) is 5.76. The van der Waals surface area contributed by atoms with Gasteiger partial charge in [0.15, 0.2) is 0 Å². The molecule has 3 N–H and O–H groups in total. The van der Waals surface area contributed by atoms with Gasteiger partial charge in [0, 0.05) is 43.0 Å². The highest BCUT2D eigenvalue weighted by molar-refractivity contribution is 7.89. The summed E-state index contributed by atoms with van der Waals surface area (Å²) in [5.41, 5.74) is 0.879. The number of aromatic nitrogens is 4. The van der Waals surface area contributed by atoms with Crippen molar-refractivity contribution in [3.05, 3.63) is 30.5 Å². The third kappa shape index (κ3) is 4.14. The van der Waals surface area contributed by atoms with Crippen molar-refractivity contribution in [1.29, 1.82) is 0 Å². The summed E-state index contributed by atoms with van der Waals surface area (Å²) in [6, 6.07) is 1.74. The highest BCUT2D eigenvalue weighted by Gasteiger charge is 2.35. The van der Waals surface area contributed by atoms with E-state index in [2.05, 4.69) is 25.1 Å². The first kappa shape index (κ1) is 17.8. The van der Waals surface area contributed by atoms with Gasteiger partial charge in [-0.25, -0.2) is 23.1 Å². The predicted octanol–water partition coefficient (Wildman–Crippen LogP) is 0.322. The number of aryl methyl sites for hydroxylation is 1. The van der Waals surface area contributed by atoms with Crippen LogP contribution < -0.4 is 10.0 Å². The lowest BCUT2D eigenvalue weighted by atomic mass is 9.78. The zero-order chi connectivity index (χ0) is 17.9. The summed E-state index contributed by atoms with van der Waals surface area (Å²) >= 11 is 0. The predicted molar refractivity (Wildman–Crippen MR) is 91.6 cm³/mol. The Labute approximate surface area is 146 Å². The van der Waals surface area contributed by atoms with Crippen LogP contribution in [0.25, 0.3) is 0 Å². The van der Waals surface area contributed by atoms with Gasteiger partial charge in [-0.3, -0.25) is 4.68 Å². The molecule has 0 aliphatic heterocycles.